The first-order valence-corrected chi connectivity index (χ1v) is 8.78. The molecule has 0 saturated heterocycles. The van der Waals surface area contributed by atoms with Gasteiger partial charge in [-0.05, 0) is 44.2 Å². The van der Waals surface area contributed by atoms with Crippen molar-refractivity contribution in [2.24, 2.45) is 0 Å². The lowest BCUT2D eigenvalue weighted by molar-refractivity contribution is -0.137. The minimum absolute atomic E-state index is 0.120. The van der Waals surface area contributed by atoms with Crippen molar-refractivity contribution in [1.29, 1.82) is 5.26 Å². The summed E-state index contributed by atoms with van der Waals surface area (Å²) in [5.41, 5.74) is 0.0363. The molecule has 150 valence electrons. The molecule has 3 rings (SSSR count). The number of carbonyl (C=O) groups excluding carboxylic acids is 1. The van der Waals surface area contributed by atoms with Gasteiger partial charge in [-0.2, -0.15) is 18.4 Å². The molecule has 0 atom stereocenters. The largest absolute Gasteiger partial charge is 0.417 e. The number of anilines is 2. The predicted molar refractivity (Wildman–Crippen MR) is 103 cm³/mol. The van der Waals surface area contributed by atoms with Gasteiger partial charge in [0.25, 0.3) is 5.91 Å². The fraction of sp³-hybridized carbons (Fsp3) is 0.250. The van der Waals surface area contributed by atoms with Gasteiger partial charge in [0, 0.05) is 24.3 Å². The summed E-state index contributed by atoms with van der Waals surface area (Å²) >= 11 is 0. The Morgan fingerprint density at radius 3 is 2.55 bits per heavy atom. The van der Waals surface area contributed by atoms with Crippen LogP contribution in [0.25, 0.3) is 11.0 Å². The predicted octanol–water partition coefficient (Wildman–Crippen LogP) is 4.61. The van der Waals surface area contributed by atoms with Gasteiger partial charge in [-0.15, -0.1) is 0 Å². The smallest absolute Gasteiger partial charge is 0.355 e. The summed E-state index contributed by atoms with van der Waals surface area (Å²) < 4.78 is 41.6. The molecule has 0 fully saturated rings. The van der Waals surface area contributed by atoms with Crippen LogP contribution >= 0.6 is 0 Å². The van der Waals surface area contributed by atoms with Gasteiger partial charge in [-0.1, -0.05) is 6.07 Å². The molecular weight excluding hydrogens is 383 g/mol. The van der Waals surface area contributed by atoms with Crippen LogP contribution in [-0.2, 0) is 6.18 Å². The number of imidazole rings is 1. The van der Waals surface area contributed by atoms with Gasteiger partial charge in [0.1, 0.15) is 0 Å². The van der Waals surface area contributed by atoms with E-state index in [0.717, 1.165) is 6.07 Å². The molecule has 0 aliphatic carbocycles. The number of rotatable bonds is 4. The number of halogens is 3. The van der Waals surface area contributed by atoms with E-state index in [4.69, 9.17) is 0 Å². The number of nitriles is 1. The Labute approximate surface area is 165 Å². The normalized spacial score (nSPS) is 11.5. The zero-order valence-electron chi connectivity index (χ0n) is 15.9. The Bertz CT molecular complexity index is 1130. The molecule has 0 bridgehead atoms. The third-order valence-corrected chi connectivity index (χ3v) is 4.38. The van der Waals surface area contributed by atoms with Crippen molar-refractivity contribution in [3.05, 3.63) is 53.1 Å². The number of alkyl halides is 3. The van der Waals surface area contributed by atoms with Crippen molar-refractivity contribution in [1.82, 2.24) is 14.9 Å². The number of aromatic nitrogens is 2. The highest BCUT2D eigenvalue weighted by molar-refractivity contribution is 5.95. The molecule has 0 aliphatic heterocycles. The number of nitrogens with zero attached hydrogens (tertiary/aromatic N) is 3. The topological polar surface area (TPSA) is 82.7 Å². The van der Waals surface area contributed by atoms with Gasteiger partial charge in [-0.25, -0.2) is 4.98 Å². The molecule has 1 aromatic heterocycles. The molecule has 6 nitrogen and oxygen atoms in total. The Kier molecular flexibility index (Phi) is 5.20. The van der Waals surface area contributed by atoms with Crippen LogP contribution in [0.5, 0.6) is 0 Å². The zero-order chi connectivity index (χ0) is 21.3. The number of benzene rings is 2. The van der Waals surface area contributed by atoms with Gasteiger partial charge in [-0.3, -0.25) is 4.79 Å². The van der Waals surface area contributed by atoms with Gasteiger partial charge >= 0.3 is 6.18 Å². The molecule has 0 unspecified atom stereocenters. The Morgan fingerprint density at radius 2 is 1.97 bits per heavy atom. The standard InChI is InChI=1S/C20H18F3N5O/c1-11(2)28-17-8-13(10-24)15(20(21,22)23)9-16(17)27-19(28)26-14-6-4-5-12(7-14)18(29)25-3/h4-9,11H,1-3H3,(H,25,29)(H,26,27). The lowest BCUT2D eigenvalue weighted by atomic mass is 10.1. The zero-order valence-corrected chi connectivity index (χ0v) is 15.9. The summed E-state index contributed by atoms with van der Waals surface area (Å²) in [6.45, 7) is 3.72. The first-order chi connectivity index (χ1) is 13.7. The lowest BCUT2D eigenvalue weighted by Gasteiger charge is -2.15. The van der Waals surface area contributed by atoms with Crippen molar-refractivity contribution >= 4 is 28.6 Å². The van der Waals surface area contributed by atoms with Gasteiger partial charge in [0.05, 0.1) is 28.2 Å². The average Bonchev–Trinajstić information content (AvgIpc) is 3.02. The molecule has 0 radical (unpaired) electrons. The van der Waals surface area contributed by atoms with E-state index in [0.29, 0.717) is 22.7 Å². The molecule has 1 amide bonds. The number of carbonyl (C=O) groups is 1. The molecule has 1 heterocycles. The Hall–Kier alpha value is -3.54. The number of amides is 1. The van der Waals surface area contributed by atoms with Crippen LogP contribution in [0.4, 0.5) is 24.8 Å². The highest BCUT2D eigenvalue weighted by atomic mass is 19.4. The molecule has 3 aromatic rings. The molecule has 0 aliphatic rings. The molecule has 2 N–H and O–H groups in total. The maximum Gasteiger partial charge on any atom is 0.417 e. The van der Waals surface area contributed by atoms with E-state index in [1.807, 2.05) is 13.8 Å². The number of hydrogen-bond acceptors (Lipinski definition) is 4. The summed E-state index contributed by atoms with van der Waals surface area (Å²) in [6.07, 6.45) is -4.66. The minimum Gasteiger partial charge on any atom is -0.355 e. The summed E-state index contributed by atoms with van der Waals surface area (Å²) in [5.74, 6) is 0.0479. The van der Waals surface area contributed by atoms with Crippen molar-refractivity contribution in [3.8, 4) is 6.07 Å². The first-order valence-electron chi connectivity index (χ1n) is 8.78. The molecule has 29 heavy (non-hydrogen) atoms. The minimum atomic E-state index is -4.66. The second-order valence-corrected chi connectivity index (χ2v) is 6.68. The highest BCUT2D eigenvalue weighted by Gasteiger charge is 2.34. The highest BCUT2D eigenvalue weighted by Crippen LogP contribution is 2.36. The lowest BCUT2D eigenvalue weighted by Crippen LogP contribution is -2.17. The van der Waals surface area contributed by atoms with Gasteiger partial charge in [0.2, 0.25) is 5.95 Å². The van der Waals surface area contributed by atoms with Crippen LogP contribution in [-0.4, -0.2) is 22.5 Å². The summed E-state index contributed by atoms with van der Waals surface area (Å²) in [6, 6.07) is 10.2. The maximum absolute atomic E-state index is 13.3. The number of fused-ring (bicyclic) bond motifs is 1. The second kappa shape index (κ2) is 7.47. The number of nitrogens with one attached hydrogen (secondary N) is 2. The van der Waals surface area contributed by atoms with Crippen LogP contribution < -0.4 is 10.6 Å². The number of hydrogen-bond donors (Lipinski definition) is 2. The van der Waals surface area contributed by atoms with E-state index in [1.165, 1.54) is 13.1 Å². The van der Waals surface area contributed by atoms with E-state index < -0.39 is 17.3 Å². The van der Waals surface area contributed by atoms with E-state index in [9.17, 15) is 23.2 Å². The monoisotopic (exact) mass is 401 g/mol. The average molecular weight is 401 g/mol. The molecule has 0 saturated carbocycles. The third-order valence-electron chi connectivity index (χ3n) is 4.38. The van der Waals surface area contributed by atoms with Crippen molar-refractivity contribution < 1.29 is 18.0 Å². The van der Waals surface area contributed by atoms with Crippen LogP contribution in [0, 0.1) is 11.3 Å². The summed E-state index contributed by atoms with van der Waals surface area (Å²) in [7, 11) is 1.52. The van der Waals surface area contributed by atoms with Crippen molar-refractivity contribution in [3.63, 3.8) is 0 Å². The first kappa shape index (κ1) is 20.2. The third kappa shape index (κ3) is 3.87. The summed E-state index contributed by atoms with van der Waals surface area (Å²) in [4.78, 5) is 16.2. The second-order valence-electron chi connectivity index (χ2n) is 6.68. The van der Waals surface area contributed by atoms with Crippen LogP contribution in [0.2, 0.25) is 0 Å². The van der Waals surface area contributed by atoms with E-state index in [-0.39, 0.29) is 17.5 Å². The van der Waals surface area contributed by atoms with Crippen LogP contribution in [0.3, 0.4) is 0 Å². The van der Waals surface area contributed by atoms with Gasteiger partial charge < -0.3 is 15.2 Å². The van der Waals surface area contributed by atoms with E-state index in [2.05, 4.69) is 15.6 Å². The van der Waals surface area contributed by atoms with Crippen LogP contribution in [0.15, 0.2) is 36.4 Å². The Balaban J connectivity index is 2.15. The van der Waals surface area contributed by atoms with E-state index >= 15 is 0 Å². The molecule has 2 aromatic carbocycles. The van der Waals surface area contributed by atoms with Crippen molar-refractivity contribution in [2.45, 2.75) is 26.1 Å². The molecule has 9 heteroatoms. The fourth-order valence-corrected chi connectivity index (χ4v) is 3.09. The van der Waals surface area contributed by atoms with Crippen LogP contribution in [0.1, 0.15) is 41.4 Å². The molecular formula is C20H18F3N5O. The quantitative estimate of drug-likeness (QED) is 0.669. The fourth-order valence-electron chi connectivity index (χ4n) is 3.09. The molecule has 0 spiro atoms. The SMILES string of the molecule is CNC(=O)c1cccc(Nc2nc3cc(C(F)(F)F)c(C#N)cc3n2C(C)C)c1. The van der Waals surface area contributed by atoms with E-state index in [1.54, 1.807) is 34.9 Å². The maximum atomic E-state index is 13.3. The summed E-state index contributed by atoms with van der Waals surface area (Å²) in [5, 5.41) is 14.8. The van der Waals surface area contributed by atoms with Crippen molar-refractivity contribution in [2.75, 3.05) is 12.4 Å². The van der Waals surface area contributed by atoms with Gasteiger partial charge in [0.15, 0.2) is 0 Å². The Morgan fingerprint density at radius 1 is 1.24 bits per heavy atom.